The quantitative estimate of drug-likeness (QED) is 0.448. The Morgan fingerprint density at radius 3 is 2.33 bits per heavy atom. The summed E-state index contributed by atoms with van der Waals surface area (Å²) in [7, 11) is 1.38. The number of methoxy groups -OCH3 is 1. The lowest BCUT2D eigenvalue weighted by molar-refractivity contribution is -0.151. The summed E-state index contributed by atoms with van der Waals surface area (Å²) in [6, 6.07) is 4.12. The van der Waals surface area contributed by atoms with Crippen molar-refractivity contribution in [3.8, 4) is 17.2 Å². The number of carbonyl (C=O) groups is 3. The predicted octanol–water partition coefficient (Wildman–Crippen LogP) is 0.834. The molecule has 2 aromatic rings. The van der Waals surface area contributed by atoms with Crippen LogP contribution in [-0.2, 0) is 16.0 Å². The number of aliphatic hydroxyl groups is 3. The van der Waals surface area contributed by atoms with Gasteiger partial charge in [0.25, 0.3) is 0 Å². The monoisotopic (exact) mass is 414 g/mol. The van der Waals surface area contributed by atoms with Crippen LogP contribution in [0.3, 0.4) is 0 Å². The van der Waals surface area contributed by atoms with Crippen molar-refractivity contribution in [2.45, 2.75) is 31.0 Å². The van der Waals surface area contributed by atoms with Gasteiger partial charge in [-0.3, -0.25) is 14.4 Å². The Balaban J connectivity index is 2.06. The number of aromatic hydroxyl groups is 2. The van der Waals surface area contributed by atoms with Crippen LogP contribution in [-0.4, -0.2) is 61.2 Å². The fraction of sp³-hybridized carbons (Fsp3) is 0.286. The van der Waals surface area contributed by atoms with Gasteiger partial charge in [0, 0.05) is 18.9 Å². The third-order valence-electron chi connectivity index (χ3n) is 5.86. The van der Waals surface area contributed by atoms with Gasteiger partial charge in [-0.15, -0.1) is 0 Å². The maximum Gasteiger partial charge on any atom is 0.215 e. The van der Waals surface area contributed by atoms with E-state index in [1.54, 1.807) is 0 Å². The molecule has 4 rings (SSSR count). The molecule has 2 unspecified atom stereocenters. The number of benzene rings is 2. The van der Waals surface area contributed by atoms with Crippen molar-refractivity contribution >= 4 is 28.1 Å². The van der Waals surface area contributed by atoms with E-state index in [1.165, 1.54) is 25.3 Å². The summed E-state index contributed by atoms with van der Waals surface area (Å²) in [6.45, 7) is 0.981. The first-order valence-electron chi connectivity index (χ1n) is 8.99. The van der Waals surface area contributed by atoms with E-state index in [-0.39, 0.29) is 22.1 Å². The highest BCUT2D eigenvalue weighted by molar-refractivity contribution is 6.24. The number of phenols is 2. The van der Waals surface area contributed by atoms with E-state index < -0.39 is 69.8 Å². The normalized spacial score (nSPS) is 25.9. The van der Waals surface area contributed by atoms with Crippen molar-refractivity contribution < 1.29 is 44.7 Å². The van der Waals surface area contributed by atoms with E-state index in [0.29, 0.717) is 0 Å². The molecule has 0 spiro atoms. The molecular formula is C21H18O9. The third-order valence-corrected chi connectivity index (χ3v) is 5.86. The van der Waals surface area contributed by atoms with E-state index in [2.05, 4.69) is 0 Å². The number of hydrogen-bond donors (Lipinski definition) is 5. The number of Topliss-reactive ketones (excluding diaryl/α,β-unsaturated/α-hetero) is 3. The van der Waals surface area contributed by atoms with Crippen LogP contribution in [0.25, 0.3) is 10.8 Å². The molecule has 0 radical (unpaired) electrons. The van der Waals surface area contributed by atoms with Crippen molar-refractivity contribution in [1.29, 1.82) is 0 Å². The minimum Gasteiger partial charge on any atom is -0.508 e. The van der Waals surface area contributed by atoms with Crippen LogP contribution >= 0.6 is 0 Å². The molecule has 2 aliphatic rings. The number of rotatable bonds is 2. The zero-order chi connectivity index (χ0) is 22.2. The van der Waals surface area contributed by atoms with Gasteiger partial charge < -0.3 is 30.3 Å². The number of phenolic OH excluding ortho intramolecular Hbond substituents is 2. The maximum absolute atomic E-state index is 13.3. The second kappa shape index (κ2) is 6.04. The van der Waals surface area contributed by atoms with E-state index in [1.807, 2.05) is 0 Å². The summed E-state index contributed by atoms with van der Waals surface area (Å²) in [4.78, 5) is 37.4. The van der Waals surface area contributed by atoms with Crippen LogP contribution in [0.4, 0.5) is 0 Å². The van der Waals surface area contributed by atoms with Gasteiger partial charge in [-0.2, -0.15) is 0 Å². The molecule has 5 N–H and O–H groups in total. The average molecular weight is 414 g/mol. The van der Waals surface area contributed by atoms with E-state index in [4.69, 9.17) is 4.74 Å². The molecule has 9 nitrogen and oxygen atoms in total. The van der Waals surface area contributed by atoms with Crippen molar-refractivity contribution in [1.82, 2.24) is 0 Å². The molecule has 0 fully saturated rings. The molecule has 2 aromatic carbocycles. The Kier molecular flexibility index (Phi) is 4.00. The zero-order valence-corrected chi connectivity index (χ0v) is 16.0. The van der Waals surface area contributed by atoms with Crippen LogP contribution in [0.15, 0.2) is 29.5 Å². The van der Waals surface area contributed by atoms with Crippen LogP contribution in [0, 0.1) is 0 Å². The molecule has 0 bridgehead atoms. The van der Waals surface area contributed by atoms with Crippen molar-refractivity contribution in [3.05, 3.63) is 40.7 Å². The summed E-state index contributed by atoms with van der Waals surface area (Å²) >= 11 is 0. The first-order valence-corrected chi connectivity index (χ1v) is 8.99. The lowest BCUT2D eigenvalue weighted by Crippen LogP contribution is -2.67. The molecule has 0 aliphatic heterocycles. The minimum atomic E-state index is -3.01. The van der Waals surface area contributed by atoms with Crippen LogP contribution < -0.4 is 4.74 Å². The van der Waals surface area contributed by atoms with Gasteiger partial charge in [-0.1, -0.05) is 0 Å². The molecule has 0 saturated heterocycles. The van der Waals surface area contributed by atoms with Crippen LogP contribution in [0.2, 0.25) is 0 Å². The highest BCUT2D eigenvalue weighted by atomic mass is 16.5. The zero-order valence-electron chi connectivity index (χ0n) is 16.0. The fourth-order valence-corrected chi connectivity index (χ4v) is 4.42. The van der Waals surface area contributed by atoms with Gasteiger partial charge in [0.1, 0.15) is 34.2 Å². The van der Waals surface area contributed by atoms with Gasteiger partial charge in [0.15, 0.2) is 11.6 Å². The van der Waals surface area contributed by atoms with E-state index in [9.17, 15) is 39.9 Å². The first kappa shape index (κ1) is 19.9. The second-order valence-corrected chi connectivity index (χ2v) is 7.63. The smallest absolute Gasteiger partial charge is 0.215 e. The van der Waals surface area contributed by atoms with Gasteiger partial charge in [-0.25, -0.2) is 0 Å². The van der Waals surface area contributed by atoms with Crippen LogP contribution in [0.1, 0.15) is 29.3 Å². The molecule has 0 saturated carbocycles. The summed E-state index contributed by atoms with van der Waals surface area (Å²) in [6.07, 6.45) is -1.26. The molecule has 9 heteroatoms. The van der Waals surface area contributed by atoms with Gasteiger partial charge >= 0.3 is 0 Å². The van der Waals surface area contributed by atoms with Crippen LogP contribution in [0.5, 0.6) is 17.2 Å². The maximum atomic E-state index is 13.3. The standard InChI is InChI=1S/C21H18O9/c1-8(22)14-13(24)7-20(28)6-10-3-9-4-11(30-2)5-12(23)15(9)17(25)16(10)19(27)21(20,29)18(14)26/h3-5,23,25-26,28-29H,6-7H2,1-2H3. The van der Waals surface area contributed by atoms with Crippen molar-refractivity contribution in [2.75, 3.05) is 7.11 Å². The summed E-state index contributed by atoms with van der Waals surface area (Å²) in [5, 5.41) is 53.9. The summed E-state index contributed by atoms with van der Waals surface area (Å²) < 4.78 is 5.08. The molecule has 2 aliphatic carbocycles. The first-order chi connectivity index (χ1) is 14.0. The lowest BCUT2D eigenvalue weighted by atomic mass is 9.61. The number of ketones is 3. The fourth-order valence-electron chi connectivity index (χ4n) is 4.42. The average Bonchev–Trinajstić information content (AvgIpc) is 2.63. The van der Waals surface area contributed by atoms with Gasteiger partial charge in [0.05, 0.1) is 18.1 Å². The van der Waals surface area contributed by atoms with Crippen molar-refractivity contribution in [2.24, 2.45) is 0 Å². The third kappa shape index (κ3) is 2.27. The lowest BCUT2D eigenvalue weighted by Gasteiger charge is -2.47. The number of hydrogen-bond acceptors (Lipinski definition) is 9. The van der Waals surface area contributed by atoms with Gasteiger partial charge in [-0.05, 0) is 30.0 Å². The van der Waals surface area contributed by atoms with E-state index >= 15 is 0 Å². The number of aliphatic hydroxyl groups excluding tert-OH is 1. The number of allylic oxidation sites excluding steroid dienone is 1. The summed E-state index contributed by atoms with van der Waals surface area (Å²) in [5.41, 5.74) is -6.55. The highest BCUT2D eigenvalue weighted by Crippen LogP contribution is 2.51. The molecular weight excluding hydrogens is 396 g/mol. The van der Waals surface area contributed by atoms with Crippen molar-refractivity contribution in [3.63, 3.8) is 0 Å². The number of carbonyl (C=O) groups excluding carboxylic acids is 3. The Bertz CT molecular complexity index is 1210. The predicted molar refractivity (Wildman–Crippen MR) is 102 cm³/mol. The largest absolute Gasteiger partial charge is 0.508 e. The molecule has 30 heavy (non-hydrogen) atoms. The Labute approximate surface area is 169 Å². The highest BCUT2D eigenvalue weighted by Gasteiger charge is 2.66. The molecule has 2 atom stereocenters. The molecule has 0 aromatic heterocycles. The Hall–Kier alpha value is -3.43. The Morgan fingerprint density at radius 1 is 1.07 bits per heavy atom. The van der Waals surface area contributed by atoms with Gasteiger partial charge in [0.2, 0.25) is 11.4 Å². The molecule has 0 heterocycles. The number of ether oxygens (including phenoxy) is 1. The minimum absolute atomic E-state index is 0.0942. The van der Waals surface area contributed by atoms with E-state index in [0.717, 1.165) is 6.92 Å². The SMILES string of the molecule is COc1cc(O)c2c(O)c3c(cc2c1)CC1(O)CC(=O)C(C(C)=O)=C(O)C1(O)C3=O. The molecule has 0 amide bonds. The number of fused-ring (bicyclic) bond motifs is 3. The Morgan fingerprint density at radius 2 is 1.73 bits per heavy atom. The topological polar surface area (TPSA) is 162 Å². The molecule has 156 valence electrons. The second-order valence-electron chi connectivity index (χ2n) is 7.63. The summed E-state index contributed by atoms with van der Waals surface area (Å²) in [5.74, 6) is -5.11.